The summed E-state index contributed by atoms with van der Waals surface area (Å²) in [4.78, 5) is 0. The van der Waals surface area contributed by atoms with Gasteiger partial charge in [0.05, 0.1) is 32.7 Å². The molecule has 0 spiro atoms. The van der Waals surface area contributed by atoms with Gasteiger partial charge in [0, 0.05) is 27.9 Å². The van der Waals surface area contributed by atoms with E-state index in [4.69, 9.17) is 14.6 Å². The van der Waals surface area contributed by atoms with Gasteiger partial charge in [0.1, 0.15) is 11.5 Å². The maximum atomic E-state index is 9.20. The fraction of sp³-hybridized carbons (Fsp3) is 0.300. The molecule has 0 aliphatic carbocycles. The van der Waals surface area contributed by atoms with Crippen molar-refractivity contribution in [1.82, 2.24) is 0 Å². The van der Waals surface area contributed by atoms with Crippen molar-refractivity contribution in [1.29, 1.82) is 0 Å². The minimum atomic E-state index is 0.150. The Labute approximate surface area is 284 Å². The van der Waals surface area contributed by atoms with E-state index in [2.05, 4.69) is 101 Å². The largest absolute Gasteiger partial charge is 0.496 e. The van der Waals surface area contributed by atoms with Crippen molar-refractivity contribution in [2.24, 2.45) is 0 Å². The van der Waals surface area contributed by atoms with E-state index in [1.165, 1.54) is 33.4 Å². The van der Waals surface area contributed by atoms with Crippen LogP contribution in [0.3, 0.4) is 0 Å². The Morgan fingerprint density at radius 2 is 1.11 bits per heavy atom. The van der Waals surface area contributed by atoms with Crippen LogP contribution in [0.25, 0.3) is 12.2 Å². The van der Waals surface area contributed by atoms with Crippen LogP contribution in [0.5, 0.6) is 11.5 Å². The molecule has 6 heteroatoms. The molecule has 0 bridgehead atoms. The van der Waals surface area contributed by atoms with Crippen LogP contribution in [0.1, 0.15) is 55.0 Å². The molecule has 0 aliphatic heterocycles. The van der Waals surface area contributed by atoms with Gasteiger partial charge >= 0.3 is 0 Å². The third-order valence-corrected chi connectivity index (χ3v) is 10.0. The maximum Gasteiger partial charge on any atom is 0.126 e. The van der Waals surface area contributed by atoms with Crippen molar-refractivity contribution in [2.45, 2.75) is 38.2 Å². The second-order valence-electron chi connectivity index (χ2n) is 10.9. The smallest absolute Gasteiger partial charge is 0.126 e. The molecular formula is C40H48O4S2. The molecule has 0 saturated carbocycles. The zero-order valence-electron chi connectivity index (χ0n) is 27.9. The van der Waals surface area contributed by atoms with Gasteiger partial charge in [-0.2, -0.15) is 0 Å². The van der Waals surface area contributed by atoms with Crippen LogP contribution in [-0.2, 0) is 0 Å². The lowest BCUT2D eigenvalue weighted by atomic mass is 10.0. The average molecular weight is 657 g/mol. The summed E-state index contributed by atoms with van der Waals surface area (Å²) in [6.45, 7) is 8.78. The highest BCUT2D eigenvalue weighted by molar-refractivity contribution is 7.99. The first-order valence-corrected chi connectivity index (χ1v) is 17.6. The fourth-order valence-corrected chi connectivity index (χ4v) is 6.61. The summed E-state index contributed by atoms with van der Waals surface area (Å²) < 4.78 is 11.1. The molecule has 0 heterocycles. The van der Waals surface area contributed by atoms with Gasteiger partial charge in [0.15, 0.2) is 0 Å². The molecule has 244 valence electrons. The van der Waals surface area contributed by atoms with Crippen molar-refractivity contribution in [3.8, 4) is 11.5 Å². The lowest BCUT2D eigenvalue weighted by Gasteiger charge is -2.18. The van der Waals surface area contributed by atoms with E-state index < -0.39 is 0 Å². The second-order valence-corrected chi connectivity index (χ2v) is 13.4. The Hall–Kier alpha value is -3.42. The SMILES string of the molecule is COc1cc(C)c(C)cc1/C=C/C(SCCO)c1ccccc1.COc1cc(C)c(C)cc1C(/C=C/c1ccccc1)SCCO. The van der Waals surface area contributed by atoms with E-state index in [1.54, 1.807) is 37.7 Å². The highest BCUT2D eigenvalue weighted by Crippen LogP contribution is 2.38. The standard InChI is InChI=1S/2C20H24O2S/c1-15-13-18(19(22-3)14-16(15)2)9-10-20(23-12-11-21)17-7-5-4-6-8-17;1-15-13-18(19(22-3)14-16(15)2)20(23-12-11-21)10-9-17-7-5-4-6-8-17/h2*4-10,13-14,20-21H,11-12H2,1-3H3/b2*10-9+. The maximum absolute atomic E-state index is 9.20. The molecule has 4 aromatic carbocycles. The molecule has 4 aromatic rings. The van der Waals surface area contributed by atoms with E-state index in [1.807, 2.05) is 36.4 Å². The lowest BCUT2D eigenvalue weighted by Crippen LogP contribution is -2.00. The molecule has 0 radical (unpaired) electrons. The molecule has 2 N–H and O–H groups in total. The van der Waals surface area contributed by atoms with Crippen molar-refractivity contribution in [3.05, 3.63) is 142 Å². The number of ether oxygens (including phenoxy) is 2. The Morgan fingerprint density at radius 3 is 1.70 bits per heavy atom. The minimum Gasteiger partial charge on any atom is -0.496 e. The Kier molecular flexibility index (Phi) is 16.1. The number of benzene rings is 4. The third kappa shape index (κ3) is 11.4. The van der Waals surface area contributed by atoms with E-state index in [9.17, 15) is 5.11 Å². The first-order chi connectivity index (χ1) is 22.3. The topological polar surface area (TPSA) is 58.9 Å². The molecule has 46 heavy (non-hydrogen) atoms. The van der Waals surface area contributed by atoms with E-state index in [0.29, 0.717) is 11.5 Å². The van der Waals surface area contributed by atoms with Gasteiger partial charge in [0.2, 0.25) is 0 Å². The normalized spacial score (nSPS) is 12.5. The van der Waals surface area contributed by atoms with Crippen LogP contribution >= 0.6 is 23.5 Å². The summed E-state index contributed by atoms with van der Waals surface area (Å²) in [5.41, 5.74) is 9.61. The van der Waals surface area contributed by atoms with Crippen molar-refractivity contribution >= 4 is 35.7 Å². The fourth-order valence-electron chi connectivity index (χ4n) is 4.80. The van der Waals surface area contributed by atoms with Crippen molar-refractivity contribution in [3.63, 3.8) is 0 Å². The number of rotatable bonds is 14. The first-order valence-electron chi connectivity index (χ1n) is 15.5. The summed E-state index contributed by atoms with van der Waals surface area (Å²) in [5, 5.41) is 18.7. The van der Waals surface area contributed by atoms with Crippen LogP contribution < -0.4 is 9.47 Å². The number of hydrogen-bond acceptors (Lipinski definition) is 6. The van der Waals surface area contributed by atoms with Crippen molar-refractivity contribution < 1.29 is 19.7 Å². The lowest BCUT2D eigenvalue weighted by molar-refractivity contribution is 0.322. The number of aryl methyl sites for hydroxylation is 4. The van der Waals surface area contributed by atoms with Crippen LogP contribution in [0.4, 0.5) is 0 Å². The Morgan fingerprint density at radius 1 is 0.609 bits per heavy atom. The second kappa shape index (κ2) is 20.0. The Balaban J connectivity index is 0.000000250. The minimum absolute atomic E-state index is 0.150. The summed E-state index contributed by atoms with van der Waals surface area (Å²) in [6.07, 6.45) is 8.61. The predicted octanol–water partition coefficient (Wildman–Crippen LogP) is 9.58. The van der Waals surface area contributed by atoms with E-state index in [0.717, 1.165) is 22.6 Å². The van der Waals surface area contributed by atoms with Gasteiger partial charge in [-0.1, -0.05) is 91.0 Å². The molecule has 0 aliphatic rings. The van der Waals surface area contributed by atoms with Crippen molar-refractivity contribution in [2.75, 3.05) is 38.9 Å². The van der Waals surface area contributed by atoms with Gasteiger partial charge in [-0.25, -0.2) is 0 Å². The predicted molar refractivity (Wildman–Crippen MR) is 200 cm³/mol. The van der Waals surface area contributed by atoms with Gasteiger partial charge in [-0.3, -0.25) is 0 Å². The van der Waals surface area contributed by atoms with Crippen LogP contribution in [0, 0.1) is 27.7 Å². The monoisotopic (exact) mass is 656 g/mol. The highest BCUT2D eigenvalue weighted by Gasteiger charge is 2.16. The number of methoxy groups -OCH3 is 2. The molecular weight excluding hydrogens is 609 g/mol. The van der Waals surface area contributed by atoms with E-state index >= 15 is 0 Å². The van der Waals surface area contributed by atoms with Crippen LogP contribution in [0.15, 0.2) is 97.1 Å². The zero-order valence-corrected chi connectivity index (χ0v) is 29.5. The Bertz CT molecular complexity index is 1530. The first kappa shape index (κ1) is 37.0. The third-order valence-electron chi connectivity index (χ3n) is 7.62. The van der Waals surface area contributed by atoms with Gasteiger partial charge in [0.25, 0.3) is 0 Å². The quantitative estimate of drug-likeness (QED) is 0.141. The van der Waals surface area contributed by atoms with E-state index in [-0.39, 0.29) is 23.7 Å². The molecule has 0 saturated heterocycles. The van der Waals surface area contributed by atoms with Crippen LogP contribution in [-0.4, -0.2) is 49.2 Å². The van der Waals surface area contributed by atoms with Gasteiger partial charge in [-0.05, 0) is 79.3 Å². The van der Waals surface area contributed by atoms with Gasteiger partial charge < -0.3 is 19.7 Å². The highest BCUT2D eigenvalue weighted by atomic mass is 32.2. The number of thioether (sulfide) groups is 2. The summed E-state index contributed by atoms with van der Waals surface area (Å²) in [6, 6.07) is 29.1. The molecule has 4 rings (SSSR count). The molecule has 0 amide bonds. The molecule has 0 aromatic heterocycles. The van der Waals surface area contributed by atoms with Gasteiger partial charge in [-0.15, -0.1) is 23.5 Å². The molecule has 2 atom stereocenters. The zero-order chi connectivity index (χ0) is 33.3. The summed E-state index contributed by atoms with van der Waals surface area (Å²) in [7, 11) is 3.42. The average Bonchev–Trinajstić information content (AvgIpc) is 3.08. The molecule has 2 unspecified atom stereocenters. The summed E-state index contributed by atoms with van der Waals surface area (Å²) in [5.74, 6) is 3.21. The number of aliphatic hydroxyl groups excluding tert-OH is 2. The number of hydrogen-bond donors (Lipinski definition) is 2. The van der Waals surface area contributed by atoms with Crippen LogP contribution in [0.2, 0.25) is 0 Å². The number of aliphatic hydroxyl groups is 2. The summed E-state index contributed by atoms with van der Waals surface area (Å²) >= 11 is 3.46. The molecule has 0 fully saturated rings. The molecule has 4 nitrogen and oxygen atoms in total.